The summed E-state index contributed by atoms with van der Waals surface area (Å²) in [6, 6.07) is 10.4. The van der Waals surface area contributed by atoms with Crippen molar-refractivity contribution in [1.82, 2.24) is 9.88 Å². The first-order valence-electron chi connectivity index (χ1n) is 8.80. The van der Waals surface area contributed by atoms with Crippen LogP contribution in [0.4, 0.5) is 10.2 Å². The van der Waals surface area contributed by atoms with Crippen molar-refractivity contribution in [3.8, 4) is 0 Å². The van der Waals surface area contributed by atoms with Crippen LogP contribution in [-0.2, 0) is 17.6 Å². The highest BCUT2D eigenvalue weighted by Crippen LogP contribution is 2.36. The monoisotopic (exact) mass is 339 g/mol. The first kappa shape index (κ1) is 16.1. The molecule has 2 aliphatic rings. The van der Waals surface area contributed by atoms with Gasteiger partial charge in [0.1, 0.15) is 11.6 Å². The maximum atomic E-state index is 13.0. The van der Waals surface area contributed by atoms with E-state index in [-0.39, 0.29) is 17.3 Å². The minimum absolute atomic E-state index is 0.0632. The van der Waals surface area contributed by atoms with E-state index in [0.29, 0.717) is 13.0 Å². The molecule has 1 unspecified atom stereocenters. The van der Waals surface area contributed by atoms with Crippen LogP contribution < -0.4 is 5.32 Å². The third-order valence-corrected chi connectivity index (χ3v) is 5.35. The van der Waals surface area contributed by atoms with E-state index < -0.39 is 0 Å². The SMILES string of the molecule is Cc1ccc2c(n1)NC1(CC2)CCN(C(=O)Cc2ccc(F)cc2)C1. The van der Waals surface area contributed by atoms with Gasteiger partial charge in [-0.2, -0.15) is 0 Å². The zero-order valence-electron chi connectivity index (χ0n) is 14.4. The van der Waals surface area contributed by atoms with Crippen LogP contribution in [0.3, 0.4) is 0 Å². The van der Waals surface area contributed by atoms with Gasteiger partial charge in [-0.25, -0.2) is 9.37 Å². The van der Waals surface area contributed by atoms with E-state index in [1.165, 1.54) is 17.7 Å². The average molecular weight is 339 g/mol. The molecular formula is C20H22FN3O. The fourth-order valence-electron chi connectivity index (χ4n) is 3.86. The number of rotatable bonds is 2. The lowest BCUT2D eigenvalue weighted by molar-refractivity contribution is -0.129. The maximum Gasteiger partial charge on any atom is 0.227 e. The molecule has 0 aliphatic carbocycles. The Morgan fingerprint density at radius 2 is 2.04 bits per heavy atom. The molecule has 5 heteroatoms. The summed E-state index contributed by atoms with van der Waals surface area (Å²) in [4.78, 5) is 19.2. The van der Waals surface area contributed by atoms with Gasteiger partial charge in [-0.05, 0) is 55.5 Å². The minimum Gasteiger partial charge on any atom is -0.363 e. The van der Waals surface area contributed by atoms with Crippen molar-refractivity contribution in [2.24, 2.45) is 0 Å². The van der Waals surface area contributed by atoms with E-state index in [0.717, 1.165) is 42.9 Å². The Balaban J connectivity index is 1.44. The molecule has 4 rings (SSSR count). The van der Waals surface area contributed by atoms with Gasteiger partial charge in [-0.3, -0.25) is 4.79 Å². The topological polar surface area (TPSA) is 45.2 Å². The van der Waals surface area contributed by atoms with Crippen LogP contribution in [0, 0.1) is 12.7 Å². The van der Waals surface area contributed by atoms with Crippen LogP contribution in [0.1, 0.15) is 29.7 Å². The third kappa shape index (κ3) is 3.23. The van der Waals surface area contributed by atoms with Gasteiger partial charge in [0.25, 0.3) is 0 Å². The Morgan fingerprint density at radius 1 is 1.24 bits per heavy atom. The number of benzene rings is 1. The second-order valence-corrected chi connectivity index (χ2v) is 7.23. The fourth-order valence-corrected chi connectivity index (χ4v) is 3.86. The van der Waals surface area contributed by atoms with Crippen molar-refractivity contribution in [3.63, 3.8) is 0 Å². The summed E-state index contributed by atoms with van der Waals surface area (Å²) in [5.74, 6) is 0.802. The van der Waals surface area contributed by atoms with Crippen molar-refractivity contribution < 1.29 is 9.18 Å². The van der Waals surface area contributed by atoms with Gasteiger partial charge < -0.3 is 10.2 Å². The molecule has 3 heterocycles. The number of carbonyl (C=O) groups excluding carboxylic acids is 1. The highest BCUT2D eigenvalue weighted by atomic mass is 19.1. The Kier molecular flexibility index (Phi) is 3.94. The predicted octanol–water partition coefficient (Wildman–Crippen LogP) is 3.10. The lowest BCUT2D eigenvalue weighted by Crippen LogP contribution is -2.45. The quantitative estimate of drug-likeness (QED) is 0.914. The number of hydrogen-bond acceptors (Lipinski definition) is 3. The normalized spacial score (nSPS) is 21.9. The molecule has 0 radical (unpaired) electrons. The number of amides is 1. The zero-order valence-corrected chi connectivity index (χ0v) is 14.4. The summed E-state index contributed by atoms with van der Waals surface area (Å²) in [6.07, 6.45) is 3.28. The second-order valence-electron chi connectivity index (χ2n) is 7.23. The number of hydrogen-bond donors (Lipinski definition) is 1. The lowest BCUT2D eigenvalue weighted by Gasteiger charge is -2.36. The number of carbonyl (C=O) groups is 1. The highest BCUT2D eigenvalue weighted by Gasteiger charge is 2.42. The molecule has 130 valence electrons. The van der Waals surface area contributed by atoms with Crippen LogP contribution in [0.2, 0.25) is 0 Å². The Bertz CT molecular complexity index is 805. The summed E-state index contributed by atoms with van der Waals surface area (Å²) in [5, 5.41) is 3.61. The number of likely N-dealkylation sites (tertiary alicyclic amines) is 1. The molecule has 25 heavy (non-hydrogen) atoms. The summed E-state index contributed by atoms with van der Waals surface area (Å²) in [6.45, 7) is 3.46. The van der Waals surface area contributed by atoms with Gasteiger partial charge in [-0.1, -0.05) is 18.2 Å². The summed E-state index contributed by atoms with van der Waals surface area (Å²) in [5.41, 5.74) is 3.05. The molecule has 1 amide bonds. The van der Waals surface area contributed by atoms with E-state index >= 15 is 0 Å². The Labute approximate surface area is 147 Å². The van der Waals surface area contributed by atoms with E-state index in [9.17, 15) is 9.18 Å². The molecule has 0 saturated carbocycles. The van der Waals surface area contributed by atoms with Gasteiger partial charge in [0, 0.05) is 18.8 Å². The van der Waals surface area contributed by atoms with Gasteiger partial charge in [0.15, 0.2) is 0 Å². The van der Waals surface area contributed by atoms with Crippen LogP contribution in [-0.4, -0.2) is 34.4 Å². The maximum absolute atomic E-state index is 13.0. The molecular weight excluding hydrogens is 317 g/mol. The van der Waals surface area contributed by atoms with Gasteiger partial charge in [-0.15, -0.1) is 0 Å². The largest absolute Gasteiger partial charge is 0.363 e. The molecule has 1 saturated heterocycles. The average Bonchev–Trinajstić information content (AvgIpc) is 3.00. The Morgan fingerprint density at radius 3 is 2.84 bits per heavy atom. The molecule has 1 atom stereocenters. The molecule has 0 bridgehead atoms. The highest BCUT2D eigenvalue weighted by molar-refractivity contribution is 5.79. The lowest BCUT2D eigenvalue weighted by atomic mass is 9.86. The predicted molar refractivity (Wildman–Crippen MR) is 94.9 cm³/mol. The number of nitrogens with zero attached hydrogens (tertiary/aromatic N) is 2. The molecule has 2 aliphatic heterocycles. The third-order valence-electron chi connectivity index (χ3n) is 5.35. The van der Waals surface area contributed by atoms with E-state index in [4.69, 9.17) is 0 Å². The summed E-state index contributed by atoms with van der Waals surface area (Å²) >= 11 is 0. The van der Waals surface area contributed by atoms with Gasteiger partial charge in [0.05, 0.1) is 12.0 Å². The number of anilines is 1. The van der Waals surface area contributed by atoms with Crippen molar-refractivity contribution in [3.05, 3.63) is 59.0 Å². The first-order valence-corrected chi connectivity index (χ1v) is 8.80. The van der Waals surface area contributed by atoms with Crippen molar-refractivity contribution in [2.75, 3.05) is 18.4 Å². The fraction of sp³-hybridized carbons (Fsp3) is 0.400. The Hall–Kier alpha value is -2.43. The van der Waals surface area contributed by atoms with E-state index in [1.807, 2.05) is 17.9 Å². The molecule has 1 spiro atoms. The molecule has 1 aromatic heterocycles. The zero-order chi connectivity index (χ0) is 17.4. The standard InChI is InChI=1S/C20H22FN3O/c1-14-2-5-16-8-9-20(23-19(16)22-14)10-11-24(13-20)18(25)12-15-3-6-17(21)7-4-15/h2-7H,8-13H2,1H3,(H,22,23). The number of aryl methyl sites for hydroxylation is 2. The molecule has 1 fully saturated rings. The number of halogens is 1. The smallest absolute Gasteiger partial charge is 0.227 e. The molecule has 1 aromatic carbocycles. The first-order chi connectivity index (χ1) is 12.0. The van der Waals surface area contributed by atoms with Gasteiger partial charge in [0.2, 0.25) is 5.91 Å². The van der Waals surface area contributed by atoms with Crippen LogP contribution in [0.25, 0.3) is 0 Å². The van der Waals surface area contributed by atoms with E-state index in [2.05, 4.69) is 16.4 Å². The van der Waals surface area contributed by atoms with Crippen molar-refractivity contribution in [1.29, 1.82) is 0 Å². The molecule has 4 nitrogen and oxygen atoms in total. The summed E-state index contributed by atoms with van der Waals surface area (Å²) < 4.78 is 13.0. The molecule has 2 aromatic rings. The number of pyridine rings is 1. The van der Waals surface area contributed by atoms with Crippen molar-refractivity contribution in [2.45, 2.75) is 38.1 Å². The van der Waals surface area contributed by atoms with Gasteiger partial charge >= 0.3 is 0 Å². The number of aromatic nitrogens is 1. The van der Waals surface area contributed by atoms with Crippen LogP contribution in [0.5, 0.6) is 0 Å². The van der Waals surface area contributed by atoms with Crippen LogP contribution >= 0.6 is 0 Å². The second kappa shape index (κ2) is 6.14. The van der Waals surface area contributed by atoms with Crippen molar-refractivity contribution >= 4 is 11.7 Å². The minimum atomic E-state index is -0.274. The van der Waals surface area contributed by atoms with E-state index in [1.54, 1.807) is 12.1 Å². The number of nitrogens with one attached hydrogen (secondary N) is 1. The van der Waals surface area contributed by atoms with Crippen LogP contribution in [0.15, 0.2) is 36.4 Å². The summed E-state index contributed by atoms with van der Waals surface area (Å²) in [7, 11) is 0. The number of fused-ring (bicyclic) bond motifs is 1. The molecule has 1 N–H and O–H groups in total.